The number of halogens is 1. The fraction of sp³-hybridized carbons (Fsp3) is 0.250. The molecule has 0 N–H and O–H groups in total. The van der Waals surface area contributed by atoms with E-state index in [1.807, 2.05) is 42.5 Å². The molecule has 0 radical (unpaired) electrons. The first-order valence-corrected chi connectivity index (χ1v) is 7.37. The molecule has 3 nitrogen and oxygen atoms in total. The molecule has 1 atom stereocenters. The summed E-state index contributed by atoms with van der Waals surface area (Å²) in [6, 6.07) is 15.9. The summed E-state index contributed by atoms with van der Waals surface area (Å²) in [6.45, 7) is 1.37. The molecule has 0 aliphatic carbocycles. The second kappa shape index (κ2) is 5.75. The molecule has 0 spiro atoms. The lowest BCUT2D eigenvalue weighted by atomic mass is 10.2. The number of ether oxygens (including phenoxy) is 2. The quantitative estimate of drug-likeness (QED) is 0.854. The van der Waals surface area contributed by atoms with E-state index in [4.69, 9.17) is 9.47 Å². The summed E-state index contributed by atoms with van der Waals surface area (Å²) in [6.07, 6.45) is 0.0403. The molecule has 0 unspecified atom stereocenters. The maximum absolute atomic E-state index is 5.97. The van der Waals surface area contributed by atoms with Gasteiger partial charge in [-0.2, -0.15) is 0 Å². The van der Waals surface area contributed by atoms with Crippen LogP contribution >= 0.6 is 15.9 Å². The third-order valence-electron chi connectivity index (χ3n) is 3.30. The van der Waals surface area contributed by atoms with Gasteiger partial charge in [-0.1, -0.05) is 28.1 Å². The predicted octanol–water partition coefficient (Wildman–Crippen LogP) is 3.73. The monoisotopic (exact) mass is 333 g/mol. The van der Waals surface area contributed by atoms with Crippen LogP contribution < -0.4 is 14.4 Å². The highest BCUT2D eigenvalue weighted by Gasteiger charge is 2.23. The number of hydrogen-bond acceptors (Lipinski definition) is 3. The van der Waals surface area contributed by atoms with Crippen molar-refractivity contribution in [1.82, 2.24) is 0 Å². The maximum Gasteiger partial charge on any atom is 0.150 e. The third-order valence-corrected chi connectivity index (χ3v) is 3.83. The Kier molecular flexibility index (Phi) is 3.83. The number of nitrogens with zero attached hydrogens (tertiary/aromatic N) is 1. The number of likely N-dealkylation sites (N-methyl/N-ethyl adjacent to an activating group) is 1. The van der Waals surface area contributed by atoms with Crippen LogP contribution in [-0.2, 0) is 0 Å². The number of para-hydroxylation sites is 2. The molecule has 20 heavy (non-hydrogen) atoms. The van der Waals surface area contributed by atoms with Crippen molar-refractivity contribution in [1.29, 1.82) is 0 Å². The Morgan fingerprint density at radius 2 is 1.95 bits per heavy atom. The van der Waals surface area contributed by atoms with Crippen molar-refractivity contribution in [3.05, 3.63) is 53.0 Å². The highest BCUT2D eigenvalue weighted by atomic mass is 79.9. The minimum atomic E-state index is 0.0403. The number of hydrogen-bond donors (Lipinski definition) is 0. The summed E-state index contributed by atoms with van der Waals surface area (Å²) < 4.78 is 12.8. The molecular formula is C16H16BrNO2. The van der Waals surface area contributed by atoms with Crippen molar-refractivity contribution >= 4 is 21.6 Å². The van der Waals surface area contributed by atoms with Crippen LogP contribution in [0.25, 0.3) is 0 Å². The highest BCUT2D eigenvalue weighted by molar-refractivity contribution is 9.10. The van der Waals surface area contributed by atoms with E-state index in [-0.39, 0.29) is 6.10 Å². The first-order chi connectivity index (χ1) is 9.72. The summed E-state index contributed by atoms with van der Waals surface area (Å²) in [5.41, 5.74) is 1.13. The molecule has 4 heteroatoms. The zero-order valence-corrected chi connectivity index (χ0v) is 12.8. The zero-order chi connectivity index (χ0) is 13.9. The second-order valence-electron chi connectivity index (χ2n) is 4.85. The number of anilines is 1. The van der Waals surface area contributed by atoms with Gasteiger partial charge in [-0.25, -0.2) is 0 Å². The van der Waals surface area contributed by atoms with Crippen LogP contribution in [0.15, 0.2) is 53.0 Å². The largest absolute Gasteiger partial charge is 0.490 e. The van der Waals surface area contributed by atoms with Gasteiger partial charge in [0.2, 0.25) is 0 Å². The number of benzene rings is 2. The molecule has 1 aliphatic rings. The molecule has 0 fully saturated rings. The first kappa shape index (κ1) is 13.3. The maximum atomic E-state index is 5.97. The van der Waals surface area contributed by atoms with Crippen molar-refractivity contribution in [2.24, 2.45) is 0 Å². The smallest absolute Gasteiger partial charge is 0.150 e. The Hall–Kier alpha value is -1.68. The third kappa shape index (κ3) is 2.90. The van der Waals surface area contributed by atoms with Crippen LogP contribution in [0.2, 0.25) is 0 Å². The molecule has 2 aromatic rings. The van der Waals surface area contributed by atoms with Gasteiger partial charge in [-0.15, -0.1) is 0 Å². The Balaban J connectivity index is 1.64. The number of rotatable bonds is 3. The Morgan fingerprint density at radius 3 is 2.75 bits per heavy atom. The lowest BCUT2D eigenvalue weighted by molar-refractivity contribution is 0.126. The Labute approximate surface area is 127 Å². The van der Waals surface area contributed by atoms with E-state index in [0.717, 1.165) is 28.2 Å². The minimum absolute atomic E-state index is 0.0403. The summed E-state index contributed by atoms with van der Waals surface area (Å²) in [4.78, 5) is 2.20. The predicted molar refractivity (Wildman–Crippen MR) is 83.8 cm³/mol. The van der Waals surface area contributed by atoms with Crippen molar-refractivity contribution in [2.75, 3.05) is 25.1 Å². The second-order valence-corrected chi connectivity index (χ2v) is 5.77. The molecule has 0 amide bonds. The van der Waals surface area contributed by atoms with E-state index < -0.39 is 0 Å². The van der Waals surface area contributed by atoms with Gasteiger partial charge >= 0.3 is 0 Å². The molecule has 0 aromatic heterocycles. The van der Waals surface area contributed by atoms with Crippen LogP contribution in [0.4, 0.5) is 5.69 Å². The molecule has 0 saturated heterocycles. The van der Waals surface area contributed by atoms with E-state index in [0.29, 0.717) is 6.61 Å². The summed E-state index contributed by atoms with van der Waals surface area (Å²) in [5.74, 6) is 1.78. The summed E-state index contributed by atoms with van der Waals surface area (Å²) >= 11 is 3.41. The van der Waals surface area contributed by atoms with Crippen LogP contribution in [-0.4, -0.2) is 26.3 Å². The van der Waals surface area contributed by atoms with Crippen molar-refractivity contribution in [3.8, 4) is 11.5 Å². The summed E-state index contributed by atoms with van der Waals surface area (Å²) in [5, 5.41) is 0. The molecule has 2 aromatic carbocycles. The van der Waals surface area contributed by atoms with E-state index in [2.05, 4.69) is 33.9 Å². The average molecular weight is 334 g/mol. The molecule has 104 valence electrons. The zero-order valence-electron chi connectivity index (χ0n) is 11.3. The van der Waals surface area contributed by atoms with Gasteiger partial charge in [0.05, 0.1) is 12.2 Å². The van der Waals surface area contributed by atoms with E-state index in [9.17, 15) is 0 Å². The Bertz CT molecular complexity index is 585. The SMILES string of the molecule is CN1C[C@@H](COc2ccc(Br)cc2)Oc2ccccc21. The van der Waals surface area contributed by atoms with Crippen LogP contribution in [0, 0.1) is 0 Å². The van der Waals surface area contributed by atoms with E-state index in [1.165, 1.54) is 0 Å². The van der Waals surface area contributed by atoms with Gasteiger partial charge in [-0.3, -0.25) is 0 Å². The summed E-state index contributed by atoms with van der Waals surface area (Å²) in [7, 11) is 2.08. The van der Waals surface area contributed by atoms with Crippen molar-refractivity contribution in [3.63, 3.8) is 0 Å². The molecule has 3 rings (SSSR count). The van der Waals surface area contributed by atoms with Gasteiger partial charge in [0.25, 0.3) is 0 Å². The molecule has 0 bridgehead atoms. The number of fused-ring (bicyclic) bond motifs is 1. The van der Waals surface area contributed by atoms with Crippen molar-refractivity contribution < 1.29 is 9.47 Å². The van der Waals surface area contributed by atoms with Gasteiger partial charge in [0.1, 0.15) is 24.2 Å². The van der Waals surface area contributed by atoms with Crippen LogP contribution in [0.1, 0.15) is 0 Å². The standard InChI is InChI=1S/C16H16BrNO2/c1-18-10-14(20-16-5-3-2-4-15(16)18)11-19-13-8-6-12(17)7-9-13/h2-9,14H,10-11H2,1H3/t14-/m0/s1. The fourth-order valence-corrected chi connectivity index (χ4v) is 2.56. The first-order valence-electron chi connectivity index (χ1n) is 6.57. The van der Waals surface area contributed by atoms with Gasteiger partial charge in [0, 0.05) is 11.5 Å². The van der Waals surface area contributed by atoms with Gasteiger partial charge in [-0.05, 0) is 36.4 Å². The van der Waals surface area contributed by atoms with Crippen LogP contribution in [0.5, 0.6) is 11.5 Å². The van der Waals surface area contributed by atoms with Gasteiger partial charge < -0.3 is 14.4 Å². The molecule has 1 heterocycles. The normalized spacial score (nSPS) is 17.3. The molecule has 1 aliphatic heterocycles. The van der Waals surface area contributed by atoms with Gasteiger partial charge in [0.15, 0.2) is 0 Å². The highest BCUT2D eigenvalue weighted by Crippen LogP contribution is 2.32. The average Bonchev–Trinajstić information content (AvgIpc) is 2.47. The van der Waals surface area contributed by atoms with Crippen molar-refractivity contribution in [2.45, 2.75) is 6.10 Å². The lowest BCUT2D eigenvalue weighted by Crippen LogP contribution is -2.41. The Morgan fingerprint density at radius 1 is 1.20 bits per heavy atom. The fourth-order valence-electron chi connectivity index (χ4n) is 2.30. The molecular weight excluding hydrogens is 318 g/mol. The van der Waals surface area contributed by atoms with E-state index >= 15 is 0 Å². The lowest BCUT2D eigenvalue weighted by Gasteiger charge is -2.33. The molecule has 0 saturated carbocycles. The minimum Gasteiger partial charge on any atom is -0.490 e. The topological polar surface area (TPSA) is 21.7 Å². The van der Waals surface area contributed by atoms with E-state index in [1.54, 1.807) is 0 Å². The van der Waals surface area contributed by atoms with Crippen LogP contribution in [0.3, 0.4) is 0 Å².